The van der Waals surface area contributed by atoms with E-state index in [0.29, 0.717) is 18.0 Å². The van der Waals surface area contributed by atoms with Gasteiger partial charge < -0.3 is 15.8 Å². The van der Waals surface area contributed by atoms with E-state index in [0.717, 1.165) is 12.8 Å². The molecule has 1 fully saturated rings. The second-order valence-electron chi connectivity index (χ2n) is 5.30. The molecule has 1 aromatic rings. The average molecular weight is 273 g/mol. The molecule has 1 heterocycles. The van der Waals surface area contributed by atoms with Crippen LogP contribution in [0, 0.1) is 5.82 Å². The van der Waals surface area contributed by atoms with Gasteiger partial charge >= 0.3 is 0 Å². The summed E-state index contributed by atoms with van der Waals surface area (Å²) in [6.45, 7) is 4.79. The molecule has 1 atom stereocenters. The van der Waals surface area contributed by atoms with Gasteiger partial charge in [-0.25, -0.2) is 4.39 Å². The first-order valence-electron chi connectivity index (χ1n) is 6.02. The van der Waals surface area contributed by atoms with Crippen LogP contribution in [0.3, 0.4) is 0 Å². The maximum Gasteiger partial charge on any atom is 0.143 e. The molecule has 0 amide bonds. The van der Waals surface area contributed by atoms with E-state index >= 15 is 0 Å². The number of ether oxygens (including phenoxy) is 1. The number of rotatable bonds is 2. The topological polar surface area (TPSA) is 47.3 Å². The highest BCUT2D eigenvalue weighted by Gasteiger charge is 2.29. The molecule has 3 nitrogen and oxygen atoms in total. The van der Waals surface area contributed by atoms with Gasteiger partial charge in [0.1, 0.15) is 5.82 Å². The summed E-state index contributed by atoms with van der Waals surface area (Å²) in [5, 5.41) is 3.32. The third-order valence-corrected chi connectivity index (χ3v) is 3.44. The summed E-state index contributed by atoms with van der Waals surface area (Å²) in [6, 6.07) is 3.01. The molecule has 0 aliphatic carbocycles. The minimum absolute atomic E-state index is 0.0466. The monoisotopic (exact) mass is 272 g/mol. The molecule has 1 aliphatic rings. The molecule has 0 saturated carbocycles. The van der Waals surface area contributed by atoms with Crippen molar-refractivity contribution in [3.05, 3.63) is 23.0 Å². The van der Waals surface area contributed by atoms with Crippen LogP contribution < -0.4 is 11.1 Å². The van der Waals surface area contributed by atoms with Crippen LogP contribution in [-0.2, 0) is 4.74 Å². The number of nitrogen functional groups attached to an aromatic ring is 1. The lowest BCUT2D eigenvalue weighted by molar-refractivity contribution is -0.0553. The van der Waals surface area contributed by atoms with Crippen molar-refractivity contribution in [2.75, 3.05) is 17.7 Å². The van der Waals surface area contributed by atoms with E-state index in [-0.39, 0.29) is 16.7 Å². The van der Waals surface area contributed by atoms with E-state index in [2.05, 4.69) is 5.32 Å². The van der Waals surface area contributed by atoms with Crippen molar-refractivity contribution < 1.29 is 9.13 Å². The molecule has 3 N–H and O–H groups in total. The highest BCUT2D eigenvalue weighted by Crippen LogP contribution is 2.30. The molecule has 1 unspecified atom stereocenters. The van der Waals surface area contributed by atoms with Gasteiger partial charge in [0.05, 0.1) is 22.0 Å². The van der Waals surface area contributed by atoms with Crippen molar-refractivity contribution in [1.82, 2.24) is 0 Å². The predicted octanol–water partition coefficient (Wildman–Crippen LogP) is 3.43. The van der Waals surface area contributed by atoms with Crippen molar-refractivity contribution >= 4 is 23.0 Å². The minimum atomic E-state index is -0.459. The third kappa shape index (κ3) is 3.06. The van der Waals surface area contributed by atoms with Crippen molar-refractivity contribution in [2.24, 2.45) is 0 Å². The molecule has 100 valence electrons. The lowest BCUT2D eigenvalue weighted by Crippen LogP contribution is -2.40. The van der Waals surface area contributed by atoms with Gasteiger partial charge in [-0.2, -0.15) is 0 Å². The average Bonchev–Trinajstić information content (AvgIpc) is 2.24. The van der Waals surface area contributed by atoms with Gasteiger partial charge in [-0.15, -0.1) is 0 Å². The van der Waals surface area contributed by atoms with Crippen LogP contribution >= 0.6 is 11.6 Å². The fourth-order valence-electron chi connectivity index (χ4n) is 2.26. The Bertz CT molecular complexity index is 451. The zero-order chi connectivity index (χ0) is 13.3. The molecule has 0 bridgehead atoms. The number of benzene rings is 1. The lowest BCUT2D eigenvalue weighted by atomic mass is 9.93. The van der Waals surface area contributed by atoms with Crippen molar-refractivity contribution in [1.29, 1.82) is 0 Å². The quantitative estimate of drug-likeness (QED) is 0.811. The number of halogens is 2. The fourth-order valence-corrected chi connectivity index (χ4v) is 2.43. The van der Waals surface area contributed by atoms with Gasteiger partial charge in [-0.05, 0) is 32.8 Å². The number of nitrogens with one attached hydrogen (secondary N) is 1. The Hall–Kier alpha value is -1.00. The first kappa shape index (κ1) is 13.4. The van der Waals surface area contributed by atoms with Crippen LogP contribution in [0.5, 0.6) is 0 Å². The number of hydrogen-bond acceptors (Lipinski definition) is 3. The largest absolute Gasteiger partial charge is 0.397 e. The van der Waals surface area contributed by atoms with Crippen LogP contribution in [0.2, 0.25) is 5.02 Å². The van der Waals surface area contributed by atoms with Crippen LogP contribution in [0.1, 0.15) is 26.7 Å². The van der Waals surface area contributed by atoms with E-state index in [1.165, 1.54) is 12.1 Å². The van der Waals surface area contributed by atoms with Gasteiger partial charge in [0, 0.05) is 18.7 Å². The van der Waals surface area contributed by atoms with Gasteiger partial charge in [-0.1, -0.05) is 11.6 Å². The number of nitrogens with two attached hydrogens (primary N) is 1. The van der Waals surface area contributed by atoms with Gasteiger partial charge in [-0.3, -0.25) is 0 Å². The smallest absolute Gasteiger partial charge is 0.143 e. The first-order chi connectivity index (χ1) is 8.37. The van der Waals surface area contributed by atoms with E-state index in [9.17, 15) is 4.39 Å². The molecule has 0 spiro atoms. The van der Waals surface area contributed by atoms with Crippen molar-refractivity contribution in [3.8, 4) is 0 Å². The summed E-state index contributed by atoms with van der Waals surface area (Å²) in [5.74, 6) is -0.459. The summed E-state index contributed by atoms with van der Waals surface area (Å²) in [6.07, 6.45) is 1.74. The Morgan fingerprint density at radius 1 is 1.50 bits per heavy atom. The van der Waals surface area contributed by atoms with Gasteiger partial charge in [0.15, 0.2) is 0 Å². The molecule has 0 radical (unpaired) electrons. The Labute approximate surface area is 111 Å². The lowest BCUT2D eigenvalue weighted by Gasteiger charge is -2.36. The zero-order valence-electron chi connectivity index (χ0n) is 10.6. The van der Waals surface area contributed by atoms with Crippen molar-refractivity contribution in [3.63, 3.8) is 0 Å². The Balaban J connectivity index is 2.12. The summed E-state index contributed by atoms with van der Waals surface area (Å²) >= 11 is 5.67. The van der Waals surface area contributed by atoms with E-state index in [1.807, 2.05) is 13.8 Å². The second kappa shape index (κ2) is 4.94. The van der Waals surface area contributed by atoms with Crippen LogP contribution in [0.4, 0.5) is 15.8 Å². The third-order valence-electron chi connectivity index (χ3n) is 3.15. The summed E-state index contributed by atoms with van der Waals surface area (Å²) in [7, 11) is 0. The van der Waals surface area contributed by atoms with E-state index < -0.39 is 5.82 Å². The van der Waals surface area contributed by atoms with Crippen molar-refractivity contribution in [2.45, 2.75) is 38.3 Å². The fraction of sp³-hybridized carbons (Fsp3) is 0.538. The molecular weight excluding hydrogens is 255 g/mol. The van der Waals surface area contributed by atoms with Crippen LogP contribution in [-0.4, -0.2) is 18.2 Å². The molecule has 1 aromatic carbocycles. The summed E-state index contributed by atoms with van der Waals surface area (Å²) in [5.41, 5.74) is 6.73. The Morgan fingerprint density at radius 3 is 2.89 bits per heavy atom. The molecule has 1 saturated heterocycles. The zero-order valence-corrected chi connectivity index (χ0v) is 11.4. The second-order valence-corrected chi connectivity index (χ2v) is 5.70. The number of anilines is 2. The Kier molecular flexibility index (Phi) is 3.69. The van der Waals surface area contributed by atoms with Gasteiger partial charge in [0.2, 0.25) is 0 Å². The van der Waals surface area contributed by atoms with Crippen LogP contribution in [0.25, 0.3) is 0 Å². The molecule has 18 heavy (non-hydrogen) atoms. The molecule has 5 heteroatoms. The highest BCUT2D eigenvalue weighted by molar-refractivity contribution is 6.31. The predicted molar refractivity (Wildman–Crippen MR) is 72.5 cm³/mol. The van der Waals surface area contributed by atoms with Crippen LogP contribution in [0.15, 0.2) is 12.1 Å². The standard InChI is InChI=1S/C13H18ClFN2O/c1-13(2)7-8(3-4-18-13)17-12-6-10(15)9(14)5-11(12)16/h5-6,8,17H,3-4,7,16H2,1-2H3. The molecule has 1 aliphatic heterocycles. The summed E-state index contributed by atoms with van der Waals surface area (Å²) in [4.78, 5) is 0. The summed E-state index contributed by atoms with van der Waals surface area (Å²) < 4.78 is 19.1. The minimum Gasteiger partial charge on any atom is -0.397 e. The molecule has 2 rings (SSSR count). The molecule has 0 aromatic heterocycles. The SMILES string of the molecule is CC1(C)CC(Nc2cc(F)c(Cl)cc2N)CCO1. The Morgan fingerprint density at radius 2 is 2.22 bits per heavy atom. The first-order valence-corrected chi connectivity index (χ1v) is 6.40. The maximum absolute atomic E-state index is 13.4. The maximum atomic E-state index is 13.4. The molecular formula is C13H18ClFN2O. The van der Waals surface area contributed by atoms with E-state index in [4.69, 9.17) is 22.1 Å². The van der Waals surface area contributed by atoms with E-state index in [1.54, 1.807) is 0 Å². The normalized spacial score (nSPS) is 22.8. The van der Waals surface area contributed by atoms with Gasteiger partial charge in [0.25, 0.3) is 0 Å². The number of hydrogen-bond donors (Lipinski definition) is 2. The highest BCUT2D eigenvalue weighted by atomic mass is 35.5.